The smallest absolute Gasteiger partial charge is 0.253 e. The van der Waals surface area contributed by atoms with Gasteiger partial charge in [-0.1, -0.05) is 35.5 Å². The highest BCUT2D eigenvalue weighted by Crippen LogP contribution is 2.27. The number of piperazine rings is 1. The highest BCUT2D eigenvalue weighted by Gasteiger charge is 2.34. The molecule has 2 unspecified atom stereocenters. The quantitative estimate of drug-likeness (QED) is 0.364. The molecule has 1 aromatic heterocycles. The normalized spacial score (nSPS) is 20.2. The molecular weight excluding hydrogens is 482 g/mol. The number of rotatable bonds is 6. The van der Waals surface area contributed by atoms with Gasteiger partial charge >= 0.3 is 0 Å². The third kappa shape index (κ3) is 4.90. The summed E-state index contributed by atoms with van der Waals surface area (Å²) in [6, 6.07) is 21.7. The molecule has 0 N–H and O–H groups in total. The van der Waals surface area contributed by atoms with Crippen LogP contribution in [-0.2, 0) is 9.53 Å². The lowest BCUT2D eigenvalue weighted by atomic mass is 10.1. The highest BCUT2D eigenvalue weighted by atomic mass is 16.5. The number of aromatic nitrogens is 2. The number of ether oxygens (including phenoxy) is 1. The van der Waals surface area contributed by atoms with Crippen LogP contribution < -0.4 is 4.90 Å². The Balaban J connectivity index is 1.04. The zero-order chi connectivity index (χ0) is 26.1. The van der Waals surface area contributed by atoms with Crippen LogP contribution in [0.3, 0.4) is 0 Å². The minimum atomic E-state index is -0.631. The molecule has 194 valence electrons. The Morgan fingerprint density at radius 3 is 2.47 bits per heavy atom. The second-order valence-corrected chi connectivity index (χ2v) is 9.78. The minimum absolute atomic E-state index is 0.0686. The van der Waals surface area contributed by atoms with Crippen LogP contribution in [0.15, 0.2) is 71.3 Å². The molecule has 0 bridgehead atoms. The third-order valence-electron chi connectivity index (χ3n) is 7.26. The van der Waals surface area contributed by atoms with E-state index in [4.69, 9.17) is 9.26 Å². The Labute approximate surface area is 220 Å². The summed E-state index contributed by atoms with van der Waals surface area (Å²) in [7, 11) is 0. The first-order chi connectivity index (χ1) is 18.6. The van der Waals surface area contributed by atoms with Gasteiger partial charge in [-0.05, 0) is 47.2 Å². The maximum atomic E-state index is 13.1. The molecule has 0 radical (unpaired) electrons. The molecule has 0 spiro atoms. The van der Waals surface area contributed by atoms with E-state index < -0.39 is 6.23 Å². The lowest BCUT2D eigenvalue weighted by Gasteiger charge is -2.35. The van der Waals surface area contributed by atoms with Gasteiger partial charge in [0.05, 0.1) is 6.10 Å². The lowest BCUT2D eigenvalue weighted by molar-refractivity contribution is -0.117. The summed E-state index contributed by atoms with van der Waals surface area (Å²) in [5.74, 6) is 1.12. The summed E-state index contributed by atoms with van der Waals surface area (Å²) in [5, 5.41) is 6.16. The lowest BCUT2D eigenvalue weighted by Crippen LogP contribution is -2.50. The van der Waals surface area contributed by atoms with Gasteiger partial charge in [-0.2, -0.15) is 4.98 Å². The minimum Gasteiger partial charge on any atom is -0.345 e. The Bertz CT molecular complexity index is 1440. The molecule has 3 heterocycles. The van der Waals surface area contributed by atoms with Gasteiger partial charge in [-0.15, -0.1) is 0 Å². The molecule has 2 fully saturated rings. The highest BCUT2D eigenvalue weighted by molar-refractivity contribution is 5.98. The first kappa shape index (κ1) is 24.3. The van der Waals surface area contributed by atoms with Crippen LogP contribution in [0.1, 0.15) is 16.2 Å². The van der Waals surface area contributed by atoms with Gasteiger partial charge in [0.25, 0.3) is 5.91 Å². The van der Waals surface area contributed by atoms with Crippen molar-refractivity contribution in [1.82, 2.24) is 19.9 Å². The van der Waals surface area contributed by atoms with E-state index >= 15 is 0 Å². The van der Waals surface area contributed by atoms with Crippen molar-refractivity contribution in [1.29, 1.82) is 0 Å². The van der Waals surface area contributed by atoms with Crippen molar-refractivity contribution in [2.24, 2.45) is 0 Å². The average molecular weight is 512 g/mol. The molecule has 3 aromatic carbocycles. The fourth-order valence-electron chi connectivity index (χ4n) is 5.24. The molecule has 1 amide bonds. The molecule has 0 aliphatic carbocycles. The van der Waals surface area contributed by atoms with E-state index in [0.29, 0.717) is 37.9 Å². The van der Waals surface area contributed by atoms with Crippen LogP contribution in [-0.4, -0.2) is 83.7 Å². The van der Waals surface area contributed by atoms with Gasteiger partial charge in [0.1, 0.15) is 0 Å². The van der Waals surface area contributed by atoms with Crippen LogP contribution in [0.4, 0.5) is 5.69 Å². The van der Waals surface area contributed by atoms with Crippen molar-refractivity contribution in [3.63, 3.8) is 0 Å². The molecule has 2 saturated heterocycles. The number of benzene rings is 3. The maximum Gasteiger partial charge on any atom is 0.253 e. The van der Waals surface area contributed by atoms with Crippen LogP contribution in [0.5, 0.6) is 0 Å². The molecule has 4 aromatic rings. The van der Waals surface area contributed by atoms with Gasteiger partial charge in [-0.3, -0.25) is 14.5 Å². The molecule has 2 aliphatic heterocycles. The summed E-state index contributed by atoms with van der Waals surface area (Å²) in [6.45, 7) is 5.93. The molecule has 9 heteroatoms. The van der Waals surface area contributed by atoms with Crippen LogP contribution >= 0.6 is 0 Å². The second kappa shape index (κ2) is 10.4. The molecule has 0 saturated carbocycles. The first-order valence-electron chi connectivity index (χ1n) is 12.9. The third-order valence-corrected chi connectivity index (χ3v) is 7.26. The fraction of sp³-hybridized carbons (Fsp3) is 0.310. The number of carbonyl (C=O) groups excluding carboxylic acids is 2. The first-order valence-corrected chi connectivity index (χ1v) is 12.9. The number of aldehydes is 1. The maximum absolute atomic E-state index is 13.1. The van der Waals surface area contributed by atoms with E-state index in [9.17, 15) is 9.59 Å². The summed E-state index contributed by atoms with van der Waals surface area (Å²) >= 11 is 0. The number of hydrogen-bond donors (Lipinski definition) is 0. The van der Waals surface area contributed by atoms with Crippen molar-refractivity contribution >= 4 is 28.7 Å². The van der Waals surface area contributed by atoms with Crippen molar-refractivity contribution in [2.75, 3.05) is 44.2 Å². The van der Waals surface area contributed by atoms with E-state index in [-0.39, 0.29) is 12.0 Å². The van der Waals surface area contributed by atoms with E-state index in [0.717, 1.165) is 47.0 Å². The summed E-state index contributed by atoms with van der Waals surface area (Å²) in [6.07, 6.45) is 0.109. The van der Waals surface area contributed by atoms with Crippen LogP contribution in [0.25, 0.3) is 22.2 Å². The standard InChI is InChI=1S/C29H29N5O4/c1-20-30-28(31-38-20)22-8-10-25(11-9-22)34-18-26(37-27(34)19-35)17-32-12-14-33(15-13-32)29(36)24-7-6-21-4-2-3-5-23(21)16-24/h2-11,16,19,26-27H,12-15,17-18H2,1H3. The molecule has 6 rings (SSSR count). The van der Waals surface area contributed by atoms with Crippen molar-refractivity contribution in [3.05, 3.63) is 78.2 Å². The predicted octanol–water partition coefficient (Wildman–Crippen LogP) is 3.39. The summed E-state index contributed by atoms with van der Waals surface area (Å²) in [5.41, 5.74) is 2.47. The Kier molecular flexibility index (Phi) is 6.61. The van der Waals surface area contributed by atoms with Crippen LogP contribution in [0.2, 0.25) is 0 Å². The van der Waals surface area contributed by atoms with Gasteiger partial charge in [0, 0.05) is 63.0 Å². The predicted molar refractivity (Wildman–Crippen MR) is 143 cm³/mol. The Hall–Kier alpha value is -4.08. The SMILES string of the molecule is Cc1nc(-c2ccc(N3CC(CN4CCN(C(=O)c5ccc6ccccc6c5)CC4)OC3C=O)cc2)no1. The number of aryl methyl sites for hydroxylation is 1. The summed E-state index contributed by atoms with van der Waals surface area (Å²) in [4.78, 5) is 35.4. The number of fused-ring (bicyclic) bond motifs is 1. The van der Waals surface area contributed by atoms with Crippen molar-refractivity contribution < 1.29 is 18.8 Å². The monoisotopic (exact) mass is 511 g/mol. The van der Waals surface area contributed by atoms with Gasteiger partial charge in [0.2, 0.25) is 11.7 Å². The summed E-state index contributed by atoms with van der Waals surface area (Å²) < 4.78 is 11.1. The molecule has 2 aliphatic rings. The van der Waals surface area contributed by atoms with Crippen LogP contribution in [0, 0.1) is 6.92 Å². The zero-order valence-electron chi connectivity index (χ0n) is 21.2. The van der Waals surface area contributed by atoms with E-state index in [1.807, 2.05) is 70.5 Å². The number of anilines is 1. The van der Waals surface area contributed by atoms with E-state index in [1.54, 1.807) is 6.92 Å². The number of carbonyl (C=O) groups is 2. The molecule has 2 atom stereocenters. The fourth-order valence-corrected chi connectivity index (χ4v) is 5.24. The van der Waals surface area contributed by atoms with Gasteiger partial charge in [0.15, 0.2) is 12.5 Å². The molecule has 38 heavy (non-hydrogen) atoms. The second-order valence-electron chi connectivity index (χ2n) is 9.78. The van der Waals surface area contributed by atoms with E-state index in [1.165, 1.54) is 0 Å². The largest absolute Gasteiger partial charge is 0.345 e. The number of nitrogens with zero attached hydrogens (tertiary/aromatic N) is 5. The molecule has 9 nitrogen and oxygen atoms in total. The Morgan fingerprint density at radius 2 is 1.76 bits per heavy atom. The van der Waals surface area contributed by atoms with E-state index in [2.05, 4.69) is 21.1 Å². The van der Waals surface area contributed by atoms with Crippen molar-refractivity contribution in [3.8, 4) is 11.4 Å². The molecular formula is C29H29N5O4. The zero-order valence-corrected chi connectivity index (χ0v) is 21.2. The number of amides is 1. The van der Waals surface area contributed by atoms with Gasteiger partial charge in [-0.25, -0.2) is 0 Å². The topological polar surface area (TPSA) is 92.0 Å². The average Bonchev–Trinajstić information content (AvgIpc) is 3.59. The van der Waals surface area contributed by atoms with Crippen molar-refractivity contribution in [2.45, 2.75) is 19.3 Å². The Morgan fingerprint density at radius 1 is 1.00 bits per heavy atom. The number of hydrogen-bond acceptors (Lipinski definition) is 8. The van der Waals surface area contributed by atoms with Gasteiger partial charge < -0.3 is 19.1 Å².